The van der Waals surface area contributed by atoms with Gasteiger partial charge in [-0.05, 0) is 13.3 Å². The van der Waals surface area contributed by atoms with Crippen molar-refractivity contribution in [3.63, 3.8) is 0 Å². The predicted octanol–water partition coefficient (Wildman–Crippen LogP) is 2.98. The molecule has 6 nitrogen and oxygen atoms in total. The molecule has 0 aliphatic carbocycles. The number of carbonyl (C=O) groups excluding carboxylic acids is 1. The maximum atomic E-state index is 11.5. The molecule has 0 saturated carbocycles. The Morgan fingerprint density at radius 1 is 0.625 bits per heavy atom. The first-order chi connectivity index (χ1) is 11.8. The molecular weight excluding hydrogens is 312 g/mol. The molecule has 0 aromatic heterocycles. The summed E-state index contributed by atoms with van der Waals surface area (Å²) in [6.45, 7) is 8.90. The molecule has 0 aliphatic heterocycles. The fraction of sp³-hybridized carbons (Fsp3) is 0.944. The van der Waals surface area contributed by atoms with E-state index in [0.717, 1.165) is 12.8 Å². The van der Waals surface area contributed by atoms with E-state index in [9.17, 15) is 4.79 Å². The van der Waals surface area contributed by atoms with E-state index in [4.69, 9.17) is 23.7 Å². The highest BCUT2D eigenvalue weighted by Crippen LogP contribution is 2.05. The Hall–Kier alpha value is -0.690. The zero-order valence-electron chi connectivity index (χ0n) is 15.6. The van der Waals surface area contributed by atoms with Crippen LogP contribution in [0.2, 0.25) is 0 Å². The van der Waals surface area contributed by atoms with Gasteiger partial charge in [-0.3, -0.25) is 4.79 Å². The number of rotatable bonds is 19. The summed E-state index contributed by atoms with van der Waals surface area (Å²) in [6.07, 6.45) is 6.18. The van der Waals surface area contributed by atoms with Crippen LogP contribution in [0.1, 0.15) is 52.4 Å². The molecule has 0 bridgehead atoms. The van der Waals surface area contributed by atoms with Crippen molar-refractivity contribution in [2.45, 2.75) is 52.4 Å². The van der Waals surface area contributed by atoms with Crippen LogP contribution >= 0.6 is 0 Å². The van der Waals surface area contributed by atoms with Gasteiger partial charge in [0.1, 0.15) is 6.61 Å². The number of carbonyl (C=O) groups is 1. The minimum atomic E-state index is -0.129. The molecule has 0 aromatic carbocycles. The number of hydrogen-bond acceptors (Lipinski definition) is 6. The van der Waals surface area contributed by atoms with Crippen LogP contribution < -0.4 is 0 Å². The Kier molecular flexibility index (Phi) is 19.8. The number of esters is 1. The first-order valence-corrected chi connectivity index (χ1v) is 9.27. The molecule has 0 atom stereocenters. The Balaban J connectivity index is 3.10. The molecule has 0 rings (SSSR count). The lowest BCUT2D eigenvalue weighted by Crippen LogP contribution is -2.14. The van der Waals surface area contributed by atoms with Crippen LogP contribution in [0, 0.1) is 0 Å². The van der Waals surface area contributed by atoms with Gasteiger partial charge in [-0.1, -0.05) is 32.6 Å². The van der Waals surface area contributed by atoms with Crippen molar-refractivity contribution in [3.8, 4) is 0 Å². The van der Waals surface area contributed by atoms with E-state index in [1.54, 1.807) is 0 Å². The highest BCUT2D eigenvalue weighted by atomic mass is 16.6. The lowest BCUT2D eigenvalue weighted by atomic mass is 10.1. The molecule has 0 aromatic rings. The number of ether oxygens (including phenoxy) is 5. The van der Waals surface area contributed by atoms with Crippen molar-refractivity contribution in [2.24, 2.45) is 0 Å². The van der Waals surface area contributed by atoms with Crippen molar-refractivity contribution in [3.05, 3.63) is 0 Å². The van der Waals surface area contributed by atoms with Crippen LogP contribution in [0.15, 0.2) is 0 Å². The maximum Gasteiger partial charge on any atom is 0.305 e. The van der Waals surface area contributed by atoms with Gasteiger partial charge in [0.15, 0.2) is 0 Å². The van der Waals surface area contributed by atoms with E-state index in [1.165, 1.54) is 19.3 Å². The van der Waals surface area contributed by atoms with Crippen molar-refractivity contribution >= 4 is 5.97 Å². The van der Waals surface area contributed by atoms with Gasteiger partial charge in [0.25, 0.3) is 0 Å². The standard InChI is InChI=1S/C18H36O6/c1-3-5-6-7-8-9-18(19)24-17-16-23-15-14-22-13-12-21-11-10-20-4-2/h3-17H2,1-2H3. The van der Waals surface area contributed by atoms with Crippen LogP contribution in [0.5, 0.6) is 0 Å². The van der Waals surface area contributed by atoms with E-state index in [1.807, 2.05) is 6.92 Å². The van der Waals surface area contributed by atoms with Crippen LogP contribution in [-0.4, -0.2) is 65.4 Å². The second-order valence-electron chi connectivity index (χ2n) is 5.42. The minimum Gasteiger partial charge on any atom is -0.463 e. The third kappa shape index (κ3) is 19.4. The third-order valence-corrected chi connectivity index (χ3v) is 3.30. The quantitative estimate of drug-likeness (QED) is 0.264. The Morgan fingerprint density at radius 2 is 1.12 bits per heavy atom. The monoisotopic (exact) mass is 348 g/mol. The Labute approximate surface area is 147 Å². The van der Waals surface area contributed by atoms with Crippen molar-refractivity contribution in [2.75, 3.05) is 59.5 Å². The van der Waals surface area contributed by atoms with Gasteiger partial charge in [0, 0.05) is 13.0 Å². The first-order valence-electron chi connectivity index (χ1n) is 9.27. The molecule has 144 valence electrons. The van der Waals surface area contributed by atoms with Gasteiger partial charge in [-0.2, -0.15) is 0 Å². The summed E-state index contributed by atoms with van der Waals surface area (Å²) < 4.78 is 26.3. The zero-order valence-corrected chi connectivity index (χ0v) is 15.6. The smallest absolute Gasteiger partial charge is 0.305 e. The molecule has 24 heavy (non-hydrogen) atoms. The largest absolute Gasteiger partial charge is 0.463 e. The minimum absolute atomic E-state index is 0.129. The molecule has 6 heteroatoms. The van der Waals surface area contributed by atoms with Gasteiger partial charge >= 0.3 is 5.97 Å². The topological polar surface area (TPSA) is 63.2 Å². The fourth-order valence-corrected chi connectivity index (χ4v) is 1.96. The number of unbranched alkanes of at least 4 members (excludes halogenated alkanes) is 4. The molecular formula is C18H36O6. The lowest BCUT2D eigenvalue weighted by molar-refractivity contribution is -0.145. The Morgan fingerprint density at radius 3 is 1.67 bits per heavy atom. The van der Waals surface area contributed by atoms with Gasteiger partial charge < -0.3 is 23.7 Å². The molecule has 0 amide bonds. The SMILES string of the molecule is CCCCCCCC(=O)OCCOCCOCCOCCOCC. The van der Waals surface area contributed by atoms with E-state index in [0.29, 0.717) is 65.9 Å². The van der Waals surface area contributed by atoms with Crippen molar-refractivity contribution < 1.29 is 28.5 Å². The Bertz CT molecular complexity index is 260. The summed E-state index contributed by atoms with van der Waals surface area (Å²) in [4.78, 5) is 11.5. The molecule has 0 aliphatic rings. The molecule has 0 spiro atoms. The second kappa shape index (κ2) is 20.4. The third-order valence-electron chi connectivity index (χ3n) is 3.30. The summed E-state index contributed by atoms with van der Waals surface area (Å²) in [5.74, 6) is -0.129. The fourth-order valence-electron chi connectivity index (χ4n) is 1.96. The summed E-state index contributed by atoms with van der Waals surface area (Å²) in [5.41, 5.74) is 0. The average molecular weight is 348 g/mol. The molecule has 0 saturated heterocycles. The van der Waals surface area contributed by atoms with Crippen molar-refractivity contribution in [1.29, 1.82) is 0 Å². The van der Waals surface area contributed by atoms with E-state index < -0.39 is 0 Å². The maximum absolute atomic E-state index is 11.5. The van der Waals surface area contributed by atoms with Gasteiger partial charge in [-0.15, -0.1) is 0 Å². The summed E-state index contributed by atoms with van der Waals surface area (Å²) in [7, 11) is 0. The van der Waals surface area contributed by atoms with E-state index in [2.05, 4.69) is 6.92 Å². The van der Waals surface area contributed by atoms with Crippen LogP contribution in [0.3, 0.4) is 0 Å². The van der Waals surface area contributed by atoms with Gasteiger partial charge in [0.2, 0.25) is 0 Å². The van der Waals surface area contributed by atoms with Gasteiger partial charge in [0.05, 0.1) is 46.2 Å². The average Bonchev–Trinajstić information content (AvgIpc) is 2.59. The molecule has 0 radical (unpaired) electrons. The lowest BCUT2D eigenvalue weighted by Gasteiger charge is -2.07. The summed E-state index contributed by atoms with van der Waals surface area (Å²) in [5, 5.41) is 0. The highest BCUT2D eigenvalue weighted by Gasteiger charge is 2.02. The van der Waals surface area contributed by atoms with E-state index >= 15 is 0 Å². The summed E-state index contributed by atoms with van der Waals surface area (Å²) >= 11 is 0. The van der Waals surface area contributed by atoms with Crippen LogP contribution in [-0.2, 0) is 28.5 Å². The van der Waals surface area contributed by atoms with Crippen LogP contribution in [0.4, 0.5) is 0 Å². The molecule has 0 heterocycles. The molecule has 0 N–H and O–H groups in total. The zero-order chi connectivity index (χ0) is 17.7. The van der Waals surface area contributed by atoms with E-state index in [-0.39, 0.29) is 5.97 Å². The van der Waals surface area contributed by atoms with Crippen LogP contribution in [0.25, 0.3) is 0 Å². The molecule has 0 fully saturated rings. The van der Waals surface area contributed by atoms with Crippen molar-refractivity contribution in [1.82, 2.24) is 0 Å². The first kappa shape index (κ1) is 23.3. The summed E-state index contributed by atoms with van der Waals surface area (Å²) in [6, 6.07) is 0. The van der Waals surface area contributed by atoms with Gasteiger partial charge in [-0.25, -0.2) is 0 Å². The predicted molar refractivity (Wildman–Crippen MR) is 93.3 cm³/mol. The molecule has 0 unspecified atom stereocenters. The normalized spacial score (nSPS) is 10.9. The highest BCUT2D eigenvalue weighted by molar-refractivity contribution is 5.69. The number of hydrogen-bond donors (Lipinski definition) is 0. The second-order valence-corrected chi connectivity index (χ2v) is 5.42.